The Labute approximate surface area is 227 Å². The van der Waals surface area contributed by atoms with Crippen molar-refractivity contribution in [3.63, 3.8) is 0 Å². The number of ether oxygens (including phenoxy) is 2. The van der Waals surface area contributed by atoms with E-state index in [1.165, 1.54) is 14.2 Å². The van der Waals surface area contributed by atoms with Crippen LogP contribution in [0.1, 0.15) is 86.5 Å². The molecule has 5 aliphatic rings. The summed E-state index contributed by atoms with van der Waals surface area (Å²) in [5, 5.41) is 0. The average Bonchev–Trinajstić information content (AvgIpc) is 3.35. The van der Waals surface area contributed by atoms with Crippen LogP contribution in [-0.4, -0.2) is 37.7 Å². The van der Waals surface area contributed by atoms with E-state index < -0.39 is 33.6 Å². The lowest BCUT2D eigenvalue weighted by Gasteiger charge is -2.55. The molecule has 0 unspecified atom stereocenters. The number of rotatable bonds is 3. The molecule has 5 rings (SSSR count). The van der Waals surface area contributed by atoms with Gasteiger partial charge in [-0.05, 0) is 85.5 Å². The third-order valence-electron chi connectivity index (χ3n) is 12.7. The van der Waals surface area contributed by atoms with E-state index in [-0.39, 0.29) is 41.2 Å². The summed E-state index contributed by atoms with van der Waals surface area (Å²) in [4.78, 5) is 55.8. The van der Waals surface area contributed by atoms with Crippen molar-refractivity contribution in [3.8, 4) is 0 Å². The van der Waals surface area contributed by atoms with Crippen LogP contribution in [0, 0.1) is 51.2 Å². The van der Waals surface area contributed by atoms with E-state index in [4.69, 9.17) is 9.47 Å². The second-order valence-electron chi connectivity index (χ2n) is 13.5. The van der Waals surface area contributed by atoms with Crippen molar-refractivity contribution in [2.75, 3.05) is 14.2 Å². The molecule has 0 aromatic carbocycles. The monoisotopic (exact) mass is 524 g/mol. The normalized spacial score (nSPS) is 46.2. The van der Waals surface area contributed by atoms with Gasteiger partial charge in [0, 0.05) is 11.5 Å². The van der Waals surface area contributed by atoms with E-state index in [1.54, 1.807) is 6.08 Å². The number of hydrogen-bond acceptors (Lipinski definition) is 6. The lowest BCUT2D eigenvalue weighted by Crippen LogP contribution is -2.60. The van der Waals surface area contributed by atoms with Gasteiger partial charge in [-0.3, -0.25) is 19.2 Å². The molecule has 0 saturated heterocycles. The first kappa shape index (κ1) is 27.3. The Morgan fingerprint density at radius 2 is 1.34 bits per heavy atom. The van der Waals surface area contributed by atoms with Gasteiger partial charge < -0.3 is 9.47 Å². The molecule has 9 atom stereocenters. The van der Waals surface area contributed by atoms with Crippen LogP contribution >= 0.6 is 0 Å². The Kier molecular flexibility index (Phi) is 6.21. The van der Waals surface area contributed by atoms with Crippen molar-refractivity contribution in [2.24, 2.45) is 51.2 Å². The minimum absolute atomic E-state index is 0.0634. The standard InChI is InChI=1S/C32H44O6/c1-17-12-14-29(5)20(4)23(16-24(33)31(17,29)27(35)37-7)22-11-9-10-21-19(3)30(6)15-13-18(2)32(30,28(36)38-8)26(34)25(21)22/h16-20,22H,9-15H2,1-8H3/t17-,18-,19-,20-,22+,29+,30+,31-,32-/m1/s1. The van der Waals surface area contributed by atoms with Crippen LogP contribution < -0.4 is 0 Å². The van der Waals surface area contributed by atoms with Gasteiger partial charge in [0.05, 0.1) is 14.2 Å². The summed E-state index contributed by atoms with van der Waals surface area (Å²) in [6.45, 7) is 12.5. The van der Waals surface area contributed by atoms with E-state index in [1.807, 2.05) is 13.8 Å². The minimum atomic E-state index is -1.21. The summed E-state index contributed by atoms with van der Waals surface area (Å²) in [6.07, 6.45) is 7.38. The van der Waals surface area contributed by atoms with Crippen molar-refractivity contribution in [2.45, 2.75) is 86.5 Å². The first-order valence-corrected chi connectivity index (χ1v) is 14.5. The molecule has 0 heterocycles. The first-order chi connectivity index (χ1) is 17.8. The van der Waals surface area contributed by atoms with E-state index >= 15 is 0 Å². The number of methoxy groups -OCH3 is 2. The molecule has 2 fully saturated rings. The fourth-order valence-corrected chi connectivity index (χ4v) is 10.3. The number of fused-ring (bicyclic) bond motifs is 2. The number of Topliss-reactive ketones (excluding diaryl/α,β-unsaturated/α-hetero) is 1. The Hall–Kier alpha value is -2.24. The third-order valence-corrected chi connectivity index (χ3v) is 12.7. The highest BCUT2D eigenvalue weighted by Crippen LogP contribution is 2.69. The molecule has 0 aromatic rings. The zero-order valence-corrected chi connectivity index (χ0v) is 24.4. The Balaban J connectivity index is 1.70. The highest BCUT2D eigenvalue weighted by Gasteiger charge is 2.73. The molecule has 2 saturated carbocycles. The van der Waals surface area contributed by atoms with Crippen LogP contribution in [0.3, 0.4) is 0 Å². The van der Waals surface area contributed by atoms with Gasteiger partial charge in [-0.2, -0.15) is 0 Å². The molecular weight excluding hydrogens is 480 g/mol. The predicted octanol–water partition coefficient (Wildman–Crippen LogP) is 5.64. The summed E-state index contributed by atoms with van der Waals surface area (Å²) < 4.78 is 10.6. The van der Waals surface area contributed by atoms with Crippen molar-refractivity contribution >= 4 is 23.5 Å². The average molecular weight is 525 g/mol. The highest BCUT2D eigenvalue weighted by molar-refractivity contribution is 6.16. The van der Waals surface area contributed by atoms with Gasteiger partial charge in [0.15, 0.2) is 11.6 Å². The minimum Gasteiger partial charge on any atom is -0.468 e. The lowest BCUT2D eigenvalue weighted by molar-refractivity contribution is -0.173. The van der Waals surface area contributed by atoms with Crippen LogP contribution in [0.5, 0.6) is 0 Å². The summed E-state index contributed by atoms with van der Waals surface area (Å²) in [5.41, 5.74) is -0.632. The quantitative estimate of drug-likeness (QED) is 0.351. The molecule has 0 N–H and O–H groups in total. The van der Waals surface area contributed by atoms with Gasteiger partial charge in [0.1, 0.15) is 10.8 Å². The van der Waals surface area contributed by atoms with Crippen LogP contribution in [-0.2, 0) is 28.7 Å². The van der Waals surface area contributed by atoms with E-state index in [2.05, 4.69) is 27.7 Å². The van der Waals surface area contributed by atoms with Gasteiger partial charge in [-0.1, -0.05) is 52.7 Å². The smallest absolute Gasteiger partial charge is 0.320 e. The van der Waals surface area contributed by atoms with Crippen LogP contribution in [0.25, 0.3) is 0 Å². The molecule has 0 aliphatic heterocycles. The van der Waals surface area contributed by atoms with Crippen molar-refractivity contribution in [1.29, 1.82) is 0 Å². The number of carbonyl (C=O) groups is 4. The van der Waals surface area contributed by atoms with Gasteiger partial charge in [0.25, 0.3) is 0 Å². The number of hydrogen-bond donors (Lipinski definition) is 0. The largest absolute Gasteiger partial charge is 0.468 e. The third kappa shape index (κ3) is 2.80. The van der Waals surface area contributed by atoms with Crippen LogP contribution in [0.2, 0.25) is 0 Å². The maximum absolute atomic E-state index is 14.8. The summed E-state index contributed by atoms with van der Waals surface area (Å²) in [7, 11) is 2.76. The number of esters is 2. The molecule has 208 valence electrons. The topological polar surface area (TPSA) is 86.7 Å². The zero-order chi connectivity index (χ0) is 28.0. The Morgan fingerprint density at radius 1 is 0.816 bits per heavy atom. The fourth-order valence-electron chi connectivity index (χ4n) is 10.3. The van der Waals surface area contributed by atoms with E-state index in [0.29, 0.717) is 0 Å². The molecule has 5 aliphatic carbocycles. The highest BCUT2D eigenvalue weighted by atomic mass is 16.5. The number of allylic oxidation sites excluding steroid dienone is 4. The Morgan fingerprint density at radius 3 is 1.92 bits per heavy atom. The van der Waals surface area contributed by atoms with E-state index in [9.17, 15) is 19.2 Å². The summed E-state index contributed by atoms with van der Waals surface area (Å²) in [6, 6.07) is 0. The molecule has 0 radical (unpaired) electrons. The van der Waals surface area contributed by atoms with Crippen LogP contribution in [0.15, 0.2) is 22.8 Å². The van der Waals surface area contributed by atoms with Crippen molar-refractivity contribution < 1.29 is 28.7 Å². The maximum atomic E-state index is 14.8. The summed E-state index contributed by atoms with van der Waals surface area (Å²) in [5.74, 6) is -1.61. The first-order valence-electron chi connectivity index (χ1n) is 14.5. The lowest BCUT2D eigenvalue weighted by atomic mass is 9.46. The molecule has 0 amide bonds. The van der Waals surface area contributed by atoms with Gasteiger partial charge in [-0.25, -0.2) is 0 Å². The number of carbonyl (C=O) groups excluding carboxylic acids is 4. The maximum Gasteiger partial charge on any atom is 0.320 e. The van der Waals surface area contributed by atoms with Gasteiger partial charge >= 0.3 is 11.9 Å². The molecule has 38 heavy (non-hydrogen) atoms. The number of ketones is 2. The second-order valence-corrected chi connectivity index (χ2v) is 13.5. The second kappa shape index (κ2) is 8.63. The van der Waals surface area contributed by atoms with Gasteiger partial charge in [-0.15, -0.1) is 0 Å². The van der Waals surface area contributed by atoms with Crippen molar-refractivity contribution in [3.05, 3.63) is 22.8 Å². The molecule has 0 bridgehead atoms. The molecule has 6 nitrogen and oxygen atoms in total. The molecule has 6 heteroatoms. The Bertz CT molecular complexity index is 1180. The SMILES string of the molecule is COC(=O)[C@@]12C(=O)C3=C(CCC[C@H]3C3=CC(=O)[C@@]4(C(=O)OC)[C@H](C)CC[C@@]4(C)[C@@H]3C)[C@@H](C)[C@]1(C)CC[C@H]2C. The molecular formula is C32H44O6. The fraction of sp³-hybridized carbons (Fsp3) is 0.750. The predicted molar refractivity (Wildman–Crippen MR) is 143 cm³/mol. The molecule has 0 spiro atoms. The summed E-state index contributed by atoms with van der Waals surface area (Å²) >= 11 is 0. The van der Waals surface area contributed by atoms with E-state index in [0.717, 1.165) is 61.7 Å². The molecule has 0 aromatic heterocycles. The van der Waals surface area contributed by atoms with Crippen molar-refractivity contribution in [1.82, 2.24) is 0 Å². The zero-order valence-electron chi connectivity index (χ0n) is 24.4. The van der Waals surface area contributed by atoms with Crippen LogP contribution in [0.4, 0.5) is 0 Å². The van der Waals surface area contributed by atoms with Gasteiger partial charge in [0.2, 0.25) is 0 Å².